The summed E-state index contributed by atoms with van der Waals surface area (Å²) in [6.45, 7) is 4.90. The van der Waals surface area contributed by atoms with Crippen LogP contribution in [0, 0.1) is 24.4 Å². The first-order chi connectivity index (χ1) is 16.9. The molecule has 1 aliphatic heterocycles. The number of aromatic nitrogens is 3. The van der Waals surface area contributed by atoms with Gasteiger partial charge < -0.3 is 20.4 Å². The second kappa shape index (κ2) is 10.1. The van der Waals surface area contributed by atoms with Crippen LogP contribution in [0.5, 0.6) is 0 Å². The molecule has 196 valence electrons. The summed E-state index contributed by atoms with van der Waals surface area (Å²) in [5.41, 5.74) is 0.606. The minimum absolute atomic E-state index is 0.0230. The van der Waals surface area contributed by atoms with Gasteiger partial charge in [0.25, 0.3) is 0 Å². The molecule has 1 aliphatic rings. The standard InChI is InChI=1S/C25H30F3N3O4S/c1-13-6-4-5-7-15(13)24(25(2,3)35)36-12-19(33)22(23(34)20(36)11-32)31-10-18(29-30-31)14-8-16(26)21(28)17(27)9-14/h4-10,19-20,22-24,32-36H,11-12H2,1-3H3/t19-,20+,22-,23-,24-/m0/s1. The lowest BCUT2D eigenvalue weighted by molar-refractivity contribution is 0.00570. The van der Waals surface area contributed by atoms with Crippen LogP contribution in [0.1, 0.15) is 36.3 Å². The molecule has 0 aliphatic carbocycles. The molecule has 2 aromatic carbocycles. The molecule has 4 N–H and O–H groups in total. The first-order valence-electron chi connectivity index (χ1n) is 11.5. The molecule has 1 unspecified atom stereocenters. The summed E-state index contributed by atoms with van der Waals surface area (Å²) in [6, 6.07) is 8.15. The molecule has 0 spiro atoms. The lowest BCUT2D eigenvalue weighted by Crippen LogP contribution is -2.52. The Balaban J connectivity index is 1.68. The highest BCUT2D eigenvalue weighted by atomic mass is 32.2. The fourth-order valence-electron chi connectivity index (χ4n) is 5.07. The first kappa shape index (κ1) is 26.6. The fourth-order valence-corrected chi connectivity index (χ4v) is 8.82. The van der Waals surface area contributed by atoms with E-state index in [1.807, 2.05) is 31.2 Å². The normalized spacial score (nSPS) is 26.7. The maximum Gasteiger partial charge on any atom is 0.194 e. The van der Waals surface area contributed by atoms with E-state index < -0.39 is 62.7 Å². The lowest BCUT2D eigenvalue weighted by Gasteiger charge is -2.51. The number of hydrogen-bond donors (Lipinski definition) is 5. The molecule has 0 bridgehead atoms. The molecular weight excluding hydrogens is 495 g/mol. The van der Waals surface area contributed by atoms with Gasteiger partial charge in [0, 0.05) is 21.8 Å². The van der Waals surface area contributed by atoms with Crippen molar-refractivity contribution in [3.8, 4) is 11.3 Å². The van der Waals surface area contributed by atoms with Crippen molar-refractivity contribution in [3.63, 3.8) is 0 Å². The second-order valence-electron chi connectivity index (χ2n) is 9.75. The number of benzene rings is 2. The van der Waals surface area contributed by atoms with Crippen molar-refractivity contribution in [3.05, 3.63) is 71.2 Å². The summed E-state index contributed by atoms with van der Waals surface area (Å²) in [7, 11) is -1.33. The molecule has 36 heavy (non-hydrogen) atoms. The maximum atomic E-state index is 13.7. The van der Waals surface area contributed by atoms with Gasteiger partial charge >= 0.3 is 0 Å². The van der Waals surface area contributed by atoms with Crippen LogP contribution in [0.3, 0.4) is 0 Å². The fraction of sp³-hybridized carbons (Fsp3) is 0.440. The Morgan fingerprint density at radius 2 is 1.78 bits per heavy atom. The van der Waals surface area contributed by atoms with Crippen molar-refractivity contribution >= 4 is 10.9 Å². The Morgan fingerprint density at radius 1 is 1.14 bits per heavy atom. The van der Waals surface area contributed by atoms with E-state index in [2.05, 4.69) is 10.3 Å². The van der Waals surface area contributed by atoms with Crippen molar-refractivity contribution in [1.29, 1.82) is 0 Å². The molecule has 1 fully saturated rings. The summed E-state index contributed by atoms with van der Waals surface area (Å²) in [6.07, 6.45) is -1.06. The van der Waals surface area contributed by atoms with Crippen molar-refractivity contribution < 1.29 is 33.6 Å². The van der Waals surface area contributed by atoms with Crippen LogP contribution in [-0.2, 0) is 0 Å². The van der Waals surface area contributed by atoms with Crippen molar-refractivity contribution in [2.24, 2.45) is 0 Å². The zero-order valence-corrected chi connectivity index (χ0v) is 20.9. The Bertz CT molecular complexity index is 1210. The molecule has 7 nitrogen and oxygen atoms in total. The van der Waals surface area contributed by atoms with Crippen LogP contribution in [0.15, 0.2) is 42.6 Å². The van der Waals surface area contributed by atoms with Crippen LogP contribution >= 0.6 is 10.9 Å². The molecule has 0 amide bonds. The van der Waals surface area contributed by atoms with Gasteiger partial charge in [-0.25, -0.2) is 28.7 Å². The van der Waals surface area contributed by atoms with Crippen molar-refractivity contribution in [1.82, 2.24) is 15.0 Å². The molecule has 2 heterocycles. The predicted octanol–water partition coefficient (Wildman–Crippen LogP) is 2.82. The van der Waals surface area contributed by atoms with Gasteiger partial charge in [-0.15, -0.1) is 5.10 Å². The molecule has 11 heteroatoms. The highest BCUT2D eigenvalue weighted by Crippen LogP contribution is 2.57. The van der Waals surface area contributed by atoms with Crippen LogP contribution in [0.25, 0.3) is 11.3 Å². The van der Waals surface area contributed by atoms with Gasteiger partial charge in [-0.3, -0.25) is 0 Å². The number of thiol groups is 1. The third kappa shape index (κ3) is 4.90. The van der Waals surface area contributed by atoms with Crippen molar-refractivity contribution in [2.45, 2.75) is 55.1 Å². The summed E-state index contributed by atoms with van der Waals surface area (Å²) in [5, 5.41) is 50.6. The average molecular weight is 526 g/mol. The maximum absolute atomic E-state index is 13.7. The third-order valence-electron chi connectivity index (χ3n) is 6.73. The van der Waals surface area contributed by atoms with Crippen LogP contribution < -0.4 is 0 Å². The number of aliphatic hydroxyl groups excluding tert-OH is 3. The van der Waals surface area contributed by atoms with E-state index in [0.29, 0.717) is 0 Å². The number of aliphatic hydroxyl groups is 4. The van der Waals surface area contributed by atoms with E-state index in [9.17, 15) is 33.6 Å². The summed E-state index contributed by atoms with van der Waals surface area (Å²) in [4.78, 5) is 0. The highest BCUT2D eigenvalue weighted by molar-refractivity contribution is 8.18. The van der Waals surface area contributed by atoms with Crippen molar-refractivity contribution in [2.75, 3.05) is 12.4 Å². The highest BCUT2D eigenvalue weighted by Gasteiger charge is 2.48. The first-order valence-corrected chi connectivity index (χ1v) is 13.2. The second-order valence-corrected chi connectivity index (χ2v) is 12.3. The average Bonchev–Trinajstić information content (AvgIpc) is 3.27. The van der Waals surface area contributed by atoms with Crippen LogP contribution in [-0.4, -0.2) is 70.8 Å². The Morgan fingerprint density at radius 3 is 2.36 bits per heavy atom. The monoisotopic (exact) mass is 525 g/mol. The minimum atomic E-state index is -1.60. The number of aryl methyl sites for hydroxylation is 1. The number of nitrogens with zero attached hydrogens (tertiary/aromatic N) is 3. The summed E-state index contributed by atoms with van der Waals surface area (Å²) < 4.78 is 41.9. The zero-order valence-electron chi connectivity index (χ0n) is 20.1. The van der Waals surface area contributed by atoms with Gasteiger partial charge in [0.2, 0.25) is 0 Å². The SMILES string of the molecule is Cc1ccccc1[C@H]([SH]1C[C@H](O)[C@H](n2cc(-c3cc(F)c(F)c(F)c3)nn2)[C@@H](O)[C@H]1CO)C(C)(C)O. The van der Waals surface area contributed by atoms with Gasteiger partial charge in [0.05, 0.1) is 30.6 Å². The van der Waals surface area contributed by atoms with Crippen LogP contribution in [0.4, 0.5) is 13.2 Å². The van der Waals surface area contributed by atoms with Gasteiger partial charge in [-0.2, -0.15) is 0 Å². The molecular formula is C25H30F3N3O4S. The van der Waals surface area contributed by atoms with Gasteiger partial charge in [-0.05, 0) is 44.0 Å². The number of hydrogen-bond acceptors (Lipinski definition) is 6. The van der Waals surface area contributed by atoms with E-state index >= 15 is 0 Å². The quantitative estimate of drug-likeness (QED) is 0.250. The van der Waals surface area contributed by atoms with E-state index in [-0.39, 0.29) is 23.6 Å². The summed E-state index contributed by atoms with van der Waals surface area (Å²) >= 11 is 0. The zero-order chi connectivity index (χ0) is 26.4. The van der Waals surface area contributed by atoms with Crippen LogP contribution in [0.2, 0.25) is 0 Å². The predicted molar refractivity (Wildman–Crippen MR) is 131 cm³/mol. The van der Waals surface area contributed by atoms with E-state index in [4.69, 9.17) is 0 Å². The molecule has 0 radical (unpaired) electrons. The van der Waals surface area contributed by atoms with E-state index in [1.165, 1.54) is 10.9 Å². The molecule has 0 saturated carbocycles. The Labute approximate surface area is 209 Å². The Hall–Kier alpha value is -2.44. The summed E-state index contributed by atoms with van der Waals surface area (Å²) in [5.74, 6) is -4.16. The molecule has 4 rings (SSSR count). The van der Waals surface area contributed by atoms with Gasteiger partial charge in [0.1, 0.15) is 11.7 Å². The Kier molecular flexibility index (Phi) is 7.50. The topological polar surface area (TPSA) is 112 Å². The molecule has 3 aromatic rings. The smallest absolute Gasteiger partial charge is 0.194 e. The minimum Gasteiger partial charge on any atom is -0.395 e. The molecule has 1 aromatic heterocycles. The lowest BCUT2D eigenvalue weighted by atomic mass is 9.94. The molecule has 1 saturated heterocycles. The third-order valence-corrected chi connectivity index (χ3v) is 10.4. The van der Waals surface area contributed by atoms with E-state index in [1.54, 1.807) is 13.8 Å². The number of rotatable bonds is 6. The van der Waals surface area contributed by atoms with Gasteiger partial charge in [-0.1, -0.05) is 29.5 Å². The molecule has 6 atom stereocenters. The van der Waals surface area contributed by atoms with Gasteiger partial charge in [0.15, 0.2) is 17.5 Å². The number of halogens is 3. The van der Waals surface area contributed by atoms with E-state index in [0.717, 1.165) is 23.3 Å². The largest absolute Gasteiger partial charge is 0.395 e.